The standard InChI is InChI=1S/C6H16N.C4H7NO.C3H5NO.CH4O4S/c1-5-6-7(2,3)4;1-3(2)4(5)6;1-2-3(4)5;1-5-6(2,3)4/h5-6H2,1-4H3;1H2,2H3,(H2,5,6);2H,1H2,(H2,4,5);1H3,(H,2,3,4)/q+1;;;/p-1. The quantitative estimate of drug-likeness (QED) is 0.299. The van der Waals surface area contributed by atoms with E-state index in [1.807, 2.05) is 0 Å². The number of carbonyl (C=O) groups is 2. The van der Waals surface area contributed by atoms with E-state index < -0.39 is 22.2 Å². The van der Waals surface area contributed by atoms with Crippen LogP contribution in [0.3, 0.4) is 0 Å². The Morgan fingerprint density at radius 2 is 1.50 bits per heavy atom. The molecule has 0 aromatic carbocycles. The maximum absolute atomic E-state index is 9.82. The Hall–Kier alpha value is -1.75. The molecule has 0 saturated carbocycles. The Bertz CT molecular complexity index is 469. The van der Waals surface area contributed by atoms with Crippen LogP contribution in [-0.2, 0) is 24.2 Å². The van der Waals surface area contributed by atoms with Gasteiger partial charge in [-0.25, -0.2) is 8.42 Å². The van der Waals surface area contributed by atoms with Crippen LogP contribution < -0.4 is 11.5 Å². The molecule has 0 unspecified atom stereocenters. The van der Waals surface area contributed by atoms with Crippen LogP contribution in [0.2, 0.25) is 0 Å². The fourth-order valence-electron chi connectivity index (χ4n) is 0.671. The molecule has 0 aliphatic heterocycles. The highest BCUT2D eigenvalue weighted by molar-refractivity contribution is 7.80. The molecule has 10 heteroatoms. The number of carbonyl (C=O) groups excluding carboxylic acids is 2. The third kappa shape index (κ3) is 59.3. The molecule has 0 heterocycles. The summed E-state index contributed by atoms with van der Waals surface area (Å²) in [5, 5.41) is 0. The van der Waals surface area contributed by atoms with Crippen LogP contribution in [0.5, 0.6) is 0 Å². The molecule has 9 nitrogen and oxygen atoms in total. The number of primary amides is 2. The summed E-state index contributed by atoms with van der Waals surface area (Å²) in [5.41, 5.74) is 9.63. The lowest BCUT2D eigenvalue weighted by molar-refractivity contribution is -0.870. The lowest BCUT2D eigenvalue weighted by Gasteiger charge is -2.22. The third-order valence-electron chi connectivity index (χ3n) is 1.72. The topological polar surface area (TPSA) is 153 Å². The molecule has 144 valence electrons. The normalized spacial score (nSPS) is 9.62. The van der Waals surface area contributed by atoms with Crippen molar-refractivity contribution in [1.82, 2.24) is 0 Å². The monoisotopic (exact) mass is 369 g/mol. The van der Waals surface area contributed by atoms with Gasteiger partial charge in [0.2, 0.25) is 22.2 Å². The third-order valence-corrected chi connectivity index (χ3v) is 2.13. The van der Waals surface area contributed by atoms with Gasteiger partial charge in [-0.05, 0) is 19.4 Å². The Morgan fingerprint density at radius 1 is 1.25 bits per heavy atom. The van der Waals surface area contributed by atoms with Crippen molar-refractivity contribution in [2.24, 2.45) is 11.5 Å². The summed E-state index contributed by atoms with van der Waals surface area (Å²) in [6.07, 6.45) is 2.34. The van der Waals surface area contributed by atoms with Gasteiger partial charge in [0, 0.05) is 5.57 Å². The zero-order chi connectivity index (χ0) is 20.6. The summed E-state index contributed by atoms with van der Waals surface area (Å²) in [4.78, 5) is 19.3. The molecule has 0 aliphatic rings. The molecule has 0 fully saturated rings. The maximum Gasteiger partial charge on any atom is 0.243 e. The molecule has 0 spiro atoms. The minimum absolute atomic E-state index is 0.398. The molecule has 0 rings (SSSR count). The number of amides is 2. The van der Waals surface area contributed by atoms with Gasteiger partial charge in [0.25, 0.3) is 0 Å². The average Bonchev–Trinajstić information content (AvgIpc) is 2.38. The smallest absolute Gasteiger partial charge is 0.243 e. The fourth-order valence-corrected chi connectivity index (χ4v) is 0.671. The van der Waals surface area contributed by atoms with Gasteiger partial charge >= 0.3 is 0 Å². The maximum atomic E-state index is 9.82. The van der Waals surface area contributed by atoms with Gasteiger partial charge < -0.3 is 20.5 Å². The van der Waals surface area contributed by atoms with E-state index in [9.17, 15) is 22.6 Å². The van der Waals surface area contributed by atoms with Crippen molar-refractivity contribution in [2.45, 2.75) is 20.3 Å². The number of nitrogens with two attached hydrogens (primary N) is 2. The highest BCUT2D eigenvalue weighted by Crippen LogP contribution is 1.90. The van der Waals surface area contributed by atoms with Gasteiger partial charge in [-0.1, -0.05) is 20.1 Å². The van der Waals surface area contributed by atoms with Crippen molar-refractivity contribution in [2.75, 3.05) is 34.8 Å². The van der Waals surface area contributed by atoms with E-state index in [-0.39, 0.29) is 0 Å². The SMILES string of the molecule is C=C(C)C(N)=O.C=CC(N)=O.CCC[N+](C)(C)C.COS(=O)(=O)[O-]. The highest BCUT2D eigenvalue weighted by Gasteiger charge is 2.01. The summed E-state index contributed by atoms with van der Waals surface area (Å²) < 4.78 is 32.1. The first-order chi connectivity index (χ1) is 10.5. The lowest BCUT2D eigenvalue weighted by atomic mass is 10.3. The lowest BCUT2D eigenvalue weighted by Crippen LogP contribution is -2.34. The largest absolute Gasteiger partial charge is 0.726 e. The number of nitrogens with zero attached hydrogens (tertiary/aromatic N) is 1. The molecule has 0 bridgehead atoms. The predicted octanol–water partition coefficient (Wildman–Crippen LogP) is -0.0989. The minimum Gasteiger partial charge on any atom is -0.726 e. The van der Waals surface area contributed by atoms with Crippen LogP contribution in [0.25, 0.3) is 0 Å². The van der Waals surface area contributed by atoms with Crippen LogP contribution in [0, 0.1) is 0 Å². The Morgan fingerprint density at radius 3 is 1.50 bits per heavy atom. The molecule has 0 aliphatic carbocycles. The molecular formula is C14H31N3O6S. The van der Waals surface area contributed by atoms with Gasteiger partial charge in [0.05, 0.1) is 34.8 Å². The van der Waals surface area contributed by atoms with Crippen molar-refractivity contribution in [3.63, 3.8) is 0 Å². The van der Waals surface area contributed by atoms with E-state index in [0.717, 1.165) is 17.7 Å². The van der Waals surface area contributed by atoms with E-state index in [1.165, 1.54) is 13.0 Å². The number of rotatable bonds is 5. The Balaban J connectivity index is -0.000000112. The second-order valence-corrected chi connectivity index (χ2v) is 6.49. The van der Waals surface area contributed by atoms with Crippen LogP contribution in [0.15, 0.2) is 24.8 Å². The van der Waals surface area contributed by atoms with Crippen LogP contribution in [-0.4, -0.2) is 64.1 Å². The van der Waals surface area contributed by atoms with Gasteiger partial charge in [-0.15, -0.1) is 0 Å². The fraction of sp³-hybridized carbons (Fsp3) is 0.571. The molecule has 2 amide bonds. The first-order valence-corrected chi connectivity index (χ1v) is 8.06. The minimum atomic E-state index is -4.41. The predicted molar refractivity (Wildman–Crippen MR) is 93.3 cm³/mol. The van der Waals surface area contributed by atoms with Crippen LogP contribution >= 0.6 is 0 Å². The summed E-state index contributed by atoms with van der Waals surface area (Å²) in [5.74, 6) is -0.917. The van der Waals surface area contributed by atoms with E-state index in [0.29, 0.717) is 5.57 Å². The van der Waals surface area contributed by atoms with Crippen molar-refractivity contribution < 1.29 is 31.2 Å². The summed E-state index contributed by atoms with van der Waals surface area (Å²) in [6.45, 7) is 11.4. The Kier molecular flexibility index (Phi) is 20.3. The van der Waals surface area contributed by atoms with E-state index in [4.69, 9.17) is 5.73 Å². The first kappa shape index (κ1) is 30.2. The van der Waals surface area contributed by atoms with E-state index in [2.05, 4.69) is 51.1 Å². The summed E-state index contributed by atoms with van der Waals surface area (Å²) in [7, 11) is 3.03. The molecule has 0 aromatic rings. The zero-order valence-electron chi connectivity index (χ0n) is 15.4. The molecular weight excluding hydrogens is 338 g/mol. The van der Waals surface area contributed by atoms with Gasteiger partial charge in [0.15, 0.2) is 0 Å². The molecule has 0 saturated heterocycles. The van der Waals surface area contributed by atoms with Crippen LogP contribution in [0.4, 0.5) is 0 Å². The Labute approximate surface area is 145 Å². The van der Waals surface area contributed by atoms with Gasteiger partial charge in [-0.2, -0.15) is 0 Å². The molecule has 24 heavy (non-hydrogen) atoms. The molecule has 0 atom stereocenters. The zero-order valence-corrected chi connectivity index (χ0v) is 16.2. The molecule has 0 radical (unpaired) electrons. The van der Waals surface area contributed by atoms with Crippen molar-refractivity contribution in [1.29, 1.82) is 0 Å². The molecule has 0 aromatic heterocycles. The highest BCUT2D eigenvalue weighted by atomic mass is 32.3. The van der Waals surface area contributed by atoms with Crippen molar-refractivity contribution in [3.8, 4) is 0 Å². The number of hydrogen-bond donors (Lipinski definition) is 2. The summed E-state index contributed by atoms with van der Waals surface area (Å²) >= 11 is 0. The van der Waals surface area contributed by atoms with Crippen LogP contribution in [0.1, 0.15) is 20.3 Å². The van der Waals surface area contributed by atoms with Gasteiger partial charge in [-0.3, -0.25) is 13.8 Å². The van der Waals surface area contributed by atoms with E-state index >= 15 is 0 Å². The second-order valence-electron chi connectivity index (χ2n) is 5.34. The van der Waals surface area contributed by atoms with Crippen molar-refractivity contribution in [3.05, 3.63) is 24.8 Å². The molecule has 4 N–H and O–H groups in total. The van der Waals surface area contributed by atoms with Gasteiger partial charge in [0.1, 0.15) is 0 Å². The summed E-state index contributed by atoms with van der Waals surface area (Å²) in [6, 6.07) is 0. The average molecular weight is 369 g/mol. The van der Waals surface area contributed by atoms with Crippen molar-refractivity contribution >= 4 is 22.2 Å². The first-order valence-electron chi connectivity index (χ1n) is 6.73. The van der Waals surface area contributed by atoms with E-state index in [1.54, 1.807) is 6.92 Å². The number of hydrogen-bond acceptors (Lipinski definition) is 6. The second kappa shape index (κ2) is 16.1. The number of quaternary nitrogens is 1.